The topological polar surface area (TPSA) is 46.2 Å². The molecule has 5 heteroatoms. The Morgan fingerprint density at radius 1 is 1.71 bits per heavy atom. The summed E-state index contributed by atoms with van der Waals surface area (Å²) in [7, 11) is 1.24. The molecule has 0 saturated heterocycles. The Labute approximate surface area is 47.2 Å². The summed E-state index contributed by atoms with van der Waals surface area (Å²) in [6.07, 6.45) is 0. The van der Waals surface area contributed by atoms with Crippen molar-refractivity contribution in [3.8, 4) is 0 Å². The van der Waals surface area contributed by atoms with Crippen LogP contribution in [0.4, 0.5) is 0 Å². The normalized spacial score (nSPS) is 11.7. The van der Waals surface area contributed by atoms with Crippen LogP contribution in [0.2, 0.25) is 0 Å². The van der Waals surface area contributed by atoms with E-state index in [-0.39, 0.29) is 0 Å². The molecule has 0 aromatic rings. The Hall–Kier alpha value is 0.200. The molecule has 0 aliphatic rings. The maximum atomic E-state index is 9.89. The zero-order valence-electron chi connectivity index (χ0n) is 3.81. The first-order chi connectivity index (χ1) is 3.06. The first-order valence-corrected chi connectivity index (χ1v) is 4.06. The first kappa shape index (κ1) is 7.20. The molecule has 1 N–H and O–H groups in total. The number of halogens is 1. The quantitative estimate of drug-likeness (QED) is 0.557. The van der Waals surface area contributed by atoms with E-state index in [1.165, 1.54) is 0 Å². The molecule has 0 aliphatic carbocycles. The highest BCUT2D eigenvalue weighted by molar-refractivity contribution is 8.12. The molecule has 0 fully saturated rings. The van der Waals surface area contributed by atoms with Gasteiger partial charge in [0.05, 0.1) is 0 Å². The minimum Gasteiger partial charge on any atom is -0.202 e. The van der Waals surface area contributed by atoms with Crippen molar-refractivity contribution in [2.24, 2.45) is 0 Å². The van der Waals surface area contributed by atoms with Crippen LogP contribution < -0.4 is 4.72 Å². The average Bonchev–Trinajstić information content (AvgIpc) is 1.30. The third kappa shape index (κ3) is 6.20. The number of hydrogen-bond donors (Lipinski definition) is 1. The van der Waals surface area contributed by atoms with Crippen LogP contribution in [-0.2, 0) is 9.24 Å². The zero-order valence-corrected chi connectivity index (χ0v) is 5.38. The summed E-state index contributed by atoms with van der Waals surface area (Å²) in [5.74, 6) is 0. The van der Waals surface area contributed by atoms with E-state index in [0.717, 1.165) is 0 Å². The van der Waals surface area contributed by atoms with Crippen molar-refractivity contribution >= 4 is 19.9 Å². The lowest BCUT2D eigenvalue weighted by Gasteiger charge is -1.88. The van der Waals surface area contributed by atoms with Gasteiger partial charge in [0.25, 0.3) is 9.24 Å². The lowest BCUT2D eigenvalue weighted by Crippen LogP contribution is -2.16. The molecular weight excluding hydrogens is 138 g/mol. The van der Waals surface area contributed by atoms with E-state index in [2.05, 4.69) is 0 Å². The van der Waals surface area contributed by atoms with Gasteiger partial charge in [-0.25, -0.2) is 4.72 Å². The van der Waals surface area contributed by atoms with E-state index in [9.17, 15) is 8.42 Å². The van der Waals surface area contributed by atoms with Gasteiger partial charge in [0.2, 0.25) is 0 Å². The molecular formula is C2H6ClNO2S. The zero-order chi connectivity index (χ0) is 5.91. The second kappa shape index (κ2) is 2.49. The fourth-order valence-electron chi connectivity index (χ4n) is 0.172. The SMILES string of the molecule is CCNS(=O)(=O)Cl. The minimum atomic E-state index is -3.45. The molecule has 0 aromatic heterocycles. The van der Waals surface area contributed by atoms with Crippen molar-refractivity contribution in [2.75, 3.05) is 6.54 Å². The van der Waals surface area contributed by atoms with E-state index in [1.807, 2.05) is 4.72 Å². The Morgan fingerprint density at radius 2 is 2.14 bits per heavy atom. The third-order valence-corrected chi connectivity index (χ3v) is 1.28. The predicted octanol–water partition coefficient (Wildman–Crippen LogP) is 0.0795. The van der Waals surface area contributed by atoms with E-state index < -0.39 is 9.24 Å². The van der Waals surface area contributed by atoms with Gasteiger partial charge in [-0.1, -0.05) is 6.92 Å². The fourth-order valence-corrected chi connectivity index (χ4v) is 0.845. The molecule has 3 nitrogen and oxygen atoms in total. The summed E-state index contributed by atoms with van der Waals surface area (Å²) in [4.78, 5) is 0. The molecule has 0 heterocycles. The lowest BCUT2D eigenvalue weighted by molar-refractivity contribution is 0.598. The Morgan fingerprint density at radius 3 is 2.14 bits per heavy atom. The number of hydrogen-bond acceptors (Lipinski definition) is 2. The van der Waals surface area contributed by atoms with E-state index in [1.54, 1.807) is 6.92 Å². The van der Waals surface area contributed by atoms with Crippen molar-refractivity contribution in [1.29, 1.82) is 0 Å². The van der Waals surface area contributed by atoms with Gasteiger partial charge in [0.1, 0.15) is 0 Å². The van der Waals surface area contributed by atoms with Gasteiger partial charge in [0, 0.05) is 17.2 Å². The van der Waals surface area contributed by atoms with Crippen LogP contribution in [0.5, 0.6) is 0 Å². The van der Waals surface area contributed by atoms with Crippen molar-refractivity contribution in [3.63, 3.8) is 0 Å². The molecule has 0 saturated carbocycles. The molecule has 0 amide bonds. The van der Waals surface area contributed by atoms with Gasteiger partial charge < -0.3 is 0 Å². The van der Waals surface area contributed by atoms with Gasteiger partial charge in [-0.15, -0.1) is 0 Å². The van der Waals surface area contributed by atoms with Crippen LogP contribution in [-0.4, -0.2) is 15.0 Å². The average molecular weight is 144 g/mol. The number of nitrogens with one attached hydrogen (secondary N) is 1. The van der Waals surface area contributed by atoms with Crippen LogP contribution in [0.1, 0.15) is 6.92 Å². The van der Waals surface area contributed by atoms with E-state index in [0.29, 0.717) is 6.54 Å². The fraction of sp³-hybridized carbons (Fsp3) is 1.00. The highest BCUT2D eigenvalue weighted by Gasteiger charge is 1.96. The van der Waals surface area contributed by atoms with Crippen LogP contribution >= 0.6 is 10.7 Å². The molecule has 0 unspecified atom stereocenters. The van der Waals surface area contributed by atoms with Crippen molar-refractivity contribution in [3.05, 3.63) is 0 Å². The van der Waals surface area contributed by atoms with Crippen LogP contribution in [0.3, 0.4) is 0 Å². The summed E-state index contributed by atoms with van der Waals surface area (Å²) < 4.78 is 21.8. The largest absolute Gasteiger partial charge is 0.297 e. The molecule has 0 atom stereocenters. The first-order valence-electron chi connectivity index (χ1n) is 1.75. The lowest BCUT2D eigenvalue weighted by atomic mass is 10.8. The van der Waals surface area contributed by atoms with Gasteiger partial charge in [0.15, 0.2) is 0 Å². The molecule has 0 rings (SSSR count). The molecule has 0 radical (unpaired) electrons. The maximum Gasteiger partial charge on any atom is 0.297 e. The summed E-state index contributed by atoms with van der Waals surface area (Å²) in [6, 6.07) is 0. The summed E-state index contributed by atoms with van der Waals surface area (Å²) in [5, 5.41) is 0. The second-order valence-corrected chi connectivity index (χ2v) is 3.32. The van der Waals surface area contributed by atoms with E-state index >= 15 is 0 Å². The summed E-state index contributed by atoms with van der Waals surface area (Å²) in [6.45, 7) is 1.99. The second-order valence-electron chi connectivity index (χ2n) is 0.936. The molecule has 0 aliphatic heterocycles. The van der Waals surface area contributed by atoms with Gasteiger partial charge in [-0.05, 0) is 0 Å². The minimum absolute atomic E-state index is 0.339. The highest BCUT2D eigenvalue weighted by Crippen LogP contribution is 1.85. The molecule has 0 spiro atoms. The van der Waals surface area contributed by atoms with Gasteiger partial charge in [-0.2, -0.15) is 8.42 Å². The van der Waals surface area contributed by atoms with Crippen molar-refractivity contribution in [2.45, 2.75) is 6.92 Å². The van der Waals surface area contributed by atoms with Crippen LogP contribution in [0.25, 0.3) is 0 Å². The van der Waals surface area contributed by atoms with Gasteiger partial charge in [-0.3, -0.25) is 0 Å². The van der Waals surface area contributed by atoms with Crippen molar-refractivity contribution in [1.82, 2.24) is 4.72 Å². The molecule has 7 heavy (non-hydrogen) atoms. The molecule has 0 aromatic carbocycles. The maximum absolute atomic E-state index is 9.89. The van der Waals surface area contributed by atoms with Crippen LogP contribution in [0.15, 0.2) is 0 Å². The Balaban J connectivity index is 3.60. The number of rotatable bonds is 2. The van der Waals surface area contributed by atoms with E-state index in [4.69, 9.17) is 10.7 Å². The third-order valence-electron chi connectivity index (χ3n) is 0.317. The van der Waals surface area contributed by atoms with Crippen LogP contribution in [0, 0.1) is 0 Å². The predicted molar refractivity (Wildman–Crippen MR) is 28.4 cm³/mol. The monoisotopic (exact) mass is 143 g/mol. The highest BCUT2D eigenvalue weighted by atomic mass is 35.7. The van der Waals surface area contributed by atoms with Gasteiger partial charge >= 0.3 is 0 Å². The summed E-state index contributed by atoms with van der Waals surface area (Å²) >= 11 is 0. The Kier molecular flexibility index (Phi) is 2.56. The standard InChI is InChI=1S/C2H6ClNO2S/c1-2-4-7(3,5)6/h4H,2H2,1H3. The van der Waals surface area contributed by atoms with Crippen molar-refractivity contribution < 1.29 is 8.42 Å². The molecule has 44 valence electrons. The summed E-state index contributed by atoms with van der Waals surface area (Å²) in [5.41, 5.74) is 0. The smallest absolute Gasteiger partial charge is 0.202 e. The molecule has 0 bridgehead atoms. The Bertz CT molecular complexity index is 129.